The highest BCUT2D eigenvalue weighted by molar-refractivity contribution is 7.88. The number of benzene rings is 2. The monoisotopic (exact) mass is 376 g/mol. The third-order valence-electron chi connectivity index (χ3n) is 3.50. The molecule has 0 heterocycles. The molecule has 2 aromatic carbocycles. The topological polar surface area (TPSA) is 72.8 Å². The summed E-state index contributed by atoms with van der Waals surface area (Å²) in [5, 5.41) is 9.90. The van der Waals surface area contributed by atoms with Crippen LogP contribution in [0.5, 0.6) is 17.2 Å². The molecule has 0 amide bonds. The van der Waals surface area contributed by atoms with Crippen LogP contribution < -0.4 is 8.92 Å². The first kappa shape index (κ1) is 18.9. The Morgan fingerprint density at radius 1 is 1.04 bits per heavy atom. The number of phenols is 1. The van der Waals surface area contributed by atoms with Crippen LogP contribution in [0.4, 0.5) is 13.2 Å². The molecule has 0 radical (unpaired) electrons. The lowest BCUT2D eigenvalue weighted by atomic mass is 10.1. The van der Waals surface area contributed by atoms with Gasteiger partial charge in [0.05, 0.1) is 0 Å². The Kier molecular flexibility index (Phi) is 5.17. The predicted molar refractivity (Wildman–Crippen MR) is 84.0 cm³/mol. The Morgan fingerprint density at radius 2 is 1.64 bits per heavy atom. The van der Waals surface area contributed by atoms with E-state index >= 15 is 0 Å². The van der Waals surface area contributed by atoms with Gasteiger partial charge in [-0.2, -0.15) is 21.6 Å². The highest BCUT2D eigenvalue weighted by Gasteiger charge is 2.49. The quantitative estimate of drug-likeness (QED) is 0.634. The second-order valence-electron chi connectivity index (χ2n) is 5.23. The zero-order chi connectivity index (χ0) is 18.8. The number of alkyl halides is 3. The van der Waals surface area contributed by atoms with Crippen molar-refractivity contribution in [1.29, 1.82) is 0 Å². The van der Waals surface area contributed by atoms with Gasteiger partial charge in [-0.3, -0.25) is 0 Å². The largest absolute Gasteiger partial charge is 0.534 e. The van der Waals surface area contributed by atoms with Crippen molar-refractivity contribution in [3.05, 3.63) is 53.1 Å². The fraction of sp³-hybridized carbons (Fsp3) is 0.250. The van der Waals surface area contributed by atoms with Gasteiger partial charge in [-0.05, 0) is 25.0 Å². The maximum atomic E-state index is 12.5. The highest BCUT2D eigenvalue weighted by atomic mass is 32.2. The average molecular weight is 376 g/mol. The lowest BCUT2D eigenvalue weighted by molar-refractivity contribution is -0.0500. The standard InChI is InChI=1S/C16H15F3O5S/c1-10-11(2)15(20)14(24-25(21,22)16(17,18)19)8-13(10)23-9-12-6-4-3-5-7-12/h3-8,20H,9H2,1-2H3. The van der Waals surface area contributed by atoms with Crippen LogP contribution in [0, 0.1) is 13.8 Å². The summed E-state index contributed by atoms with van der Waals surface area (Å²) >= 11 is 0. The van der Waals surface area contributed by atoms with E-state index in [0.717, 1.165) is 11.6 Å². The van der Waals surface area contributed by atoms with Crippen LogP contribution in [0.1, 0.15) is 16.7 Å². The first-order valence-electron chi connectivity index (χ1n) is 7.03. The molecule has 0 saturated carbocycles. The number of hydrogen-bond acceptors (Lipinski definition) is 5. The van der Waals surface area contributed by atoms with Gasteiger partial charge in [0.15, 0.2) is 11.5 Å². The molecule has 0 bridgehead atoms. The summed E-state index contributed by atoms with van der Waals surface area (Å²) in [6, 6.07) is 9.88. The molecule has 0 saturated heterocycles. The molecule has 0 aromatic heterocycles. The number of ether oxygens (including phenoxy) is 1. The van der Waals surface area contributed by atoms with Crippen molar-refractivity contribution < 1.29 is 35.6 Å². The van der Waals surface area contributed by atoms with E-state index in [1.54, 1.807) is 31.2 Å². The molecule has 25 heavy (non-hydrogen) atoms. The molecule has 5 nitrogen and oxygen atoms in total. The van der Waals surface area contributed by atoms with Crippen LogP contribution in [-0.2, 0) is 16.7 Å². The van der Waals surface area contributed by atoms with Crippen LogP contribution in [0.2, 0.25) is 0 Å². The van der Waals surface area contributed by atoms with Crippen molar-refractivity contribution in [2.24, 2.45) is 0 Å². The van der Waals surface area contributed by atoms with Gasteiger partial charge in [-0.25, -0.2) is 0 Å². The van der Waals surface area contributed by atoms with Crippen LogP contribution in [-0.4, -0.2) is 19.0 Å². The molecule has 0 aliphatic carbocycles. The molecular weight excluding hydrogens is 361 g/mol. The number of rotatable bonds is 5. The first-order valence-corrected chi connectivity index (χ1v) is 8.44. The molecule has 2 rings (SSSR count). The fourth-order valence-electron chi connectivity index (χ4n) is 1.96. The molecule has 0 atom stereocenters. The summed E-state index contributed by atoms with van der Waals surface area (Å²) in [4.78, 5) is 0. The maximum Gasteiger partial charge on any atom is 0.534 e. The molecule has 0 unspecified atom stereocenters. The molecule has 2 aromatic rings. The lowest BCUT2D eigenvalue weighted by Gasteiger charge is -2.16. The van der Waals surface area contributed by atoms with E-state index in [4.69, 9.17) is 4.74 Å². The second kappa shape index (κ2) is 6.83. The van der Waals surface area contributed by atoms with Crippen LogP contribution in [0.15, 0.2) is 36.4 Å². The zero-order valence-corrected chi connectivity index (χ0v) is 14.1. The summed E-state index contributed by atoms with van der Waals surface area (Å²) in [7, 11) is -5.90. The Hall–Kier alpha value is -2.42. The van der Waals surface area contributed by atoms with Crippen LogP contribution in [0.25, 0.3) is 0 Å². The number of halogens is 3. The first-order chi connectivity index (χ1) is 11.5. The third kappa shape index (κ3) is 4.16. The molecular formula is C16H15F3O5S. The van der Waals surface area contributed by atoms with Crippen molar-refractivity contribution in [3.63, 3.8) is 0 Å². The van der Waals surface area contributed by atoms with Gasteiger partial charge in [-0.1, -0.05) is 30.3 Å². The van der Waals surface area contributed by atoms with E-state index in [1.807, 2.05) is 6.07 Å². The van der Waals surface area contributed by atoms with Gasteiger partial charge in [0, 0.05) is 11.6 Å². The highest BCUT2D eigenvalue weighted by Crippen LogP contribution is 2.40. The summed E-state index contributed by atoms with van der Waals surface area (Å²) in [5.74, 6) is -1.44. The zero-order valence-electron chi connectivity index (χ0n) is 13.3. The van der Waals surface area contributed by atoms with Gasteiger partial charge in [0.1, 0.15) is 12.4 Å². The molecule has 1 N–H and O–H groups in total. The van der Waals surface area contributed by atoms with Crippen LogP contribution >= 0.6 is 0 Å². The SMILES string of the molecule is Cc1c(OCc2ccccc2)cc(OS(=O)(=O)C(F)(F)F)c(O)c1C. The molecule has 0 spiro atoms. The van der Waals surface area contributed by atoms with Crippen molar-refractivity contribution >= 4 is 10.1 Å². The van der Waals surface area contributed by atoms with Crippen molar-refractivity contribution in [2.75, 3.05) is 0 Å². The van der Waals surface area contributed by atoms with Crippen molar-refractivity contribution in [2.45, 2.75) is 26.0 Å². The van der Waals surface area contributed by atoms with Gasteiger partial charge in [0.25, 0.3) is 0 Å². The van der Waals surface area contributed by atoms with Crippen molar-refractivity contribution in [3.8, 4) is 17.2 Å². The van der Waals surface area contributed by atoms with E-state index < -0.39 is 27.1 Å². The average Bonchev–Trinajstić information content (AvgIpc) is 2.54. The molecule has 9 heteroatoms. The lowest BCUT2D eigenvalue weighted by Crippen LogP contribution is -2.28. The van der Waals surface area contributed by atoms with Crippen molar-refractivity contribution in [1.82, 2.24) is 0 Å². The van der Waals surface area contributed by atoms with Gasteiger partial charge in [-0.15, -0.1) is 0 Å². The summed E-state index contributed by atoms with van der Waals surface area (Å²) < 4.78 is 69.3. The van der Waals surface area contributed by atoms with Gasteiger partial charge in [0.2, 0.25) is 0 Å². The minimum atomic E-state index is -5.90. The third-order valence-corrected chi connectivity index (χ3v) is 4.47. The van der Waals surface area contributed by atoms with E-state index in [2.05, 4.69) is 4.18 Å². The fourth-order valence-corrected chi connectivity index (χ4v) is 2.42. The van der Waals surface area contributed by atoms with Gasteiger partial charge < -0.3 is 14.0 Å². The van der Waals surface area contributed by atoms with Gasteiger partial charge >= 0.3 is 15.6 Å². The predicted octanol–water partition coefficient (Wildman–Crippen LogP) is 3.82. The molecule has 0 fully saturated rings. The molecule has 0 aliphatic heterocycles. The molecule has 136 valence electrons. The van der Waals surface area contributed by atoms with E-state index in [1.165, 1.54) is 6.92 Å². The Bertz CT molecular complexity index is 862. The number of aromatic hydroxyl groups is 1. The summed E-state index contributed by atoms with van der Waals surface area (Å²) in [5.41, 5.74) is -4.20. The maximum absolute atomic E-state index is 12.5. The second-order valence-corrected chi connectivity index (χ2v) is 6.77. The smallest absolute Gasteiger partial charge is 0.504 e. The van der Waals surface area contributed by atoms with Crippen LogP contribution in [0.3, 0.4) is 0 Å². The number of hydrogen-bond donors (Lipinski definition) is 1. The minimum absolute atomic E-state index is 0.103. The Balaban J connectivity index is 2.34. The van der Waals surface area contributed by atoms with E-state index in [-0.39, 0.29) is 17.9 Å². The molecule has 0 aliphatic rings. The normalized spacial score (nSPS) is 12.0. The Morgan fingerprint density at radius 3 is 2.20 bits per heavy atom. The number of phenolic OH excluding ortho intramolecular Hbond substituents is 1. The van der Waals surface area contributed by atoms with E-state index in [0.29, 0.717) is 5.56 Å². The van der Waals surface area contributed by atoms with E-state index in [9.17, 15) is 26.7 Å². The Labute approximate surface area is 142 Å². The minimum Gasteiger partial charge on any atom is -0.504 e. The summed E-state index contributed by atoms with van der Waals surface area (Å²) in [6.07, 6.45) is 0. The summed E-state index contributed by atoms with van der Waals surface area (Å²) in [6.45, 7) is 3.10.